The number of unbranched alkanes of at least 4 members (excludes halogenated alkanes) is 12. The van der Waals surface area contributed by atoms with Gasteiger partial charge in [-0.05, 0) is 79.0 Å². The lowest BCUT2D eigenvalue weighted by molar-refractivity contribution is -0.157. The standard InChI is InChI=1S/C29H44ClN5O4.C17H20BrN5O4/c1-23-27(30)29-32-28(34-35(29)33-23)24-16-15-17-25(20-24)31-21-38-22-39-26(37)18-13-11-9-7-5-3-2-4-6-8-10-12-14-19-36;1-11-15(18)17-20-16(22-23(17)21-11)12-3-5-13(6-4-12)19-9-26-10-27-14(24)7-8-25-2/h15-17,20,31,33,36H,2-14,18-19,21-22H2,1H3;3-6,19,21H,7-10H2,1-2H3. The summed E-state index contributed by atoms with van der Waals surface area (Å²) in [5.74, 6) is 0.629. The minimum Gasteiger partial charge on any atom is -0.438 e. The first-order valence-corrected chi connectivity index (χ1v) is 23.8. The van der Waals surface area contributed by atoms with Crippen molar-refractivity contribution in [3.63, 3.8) is 0 Å². The second kappa shape index (κ2) is 28.9. The largest absolute Gasteiger partial charge is 0.438 e. The summed E-state index contributed by atoms with van der Waals surface area (Å²) in [4.78, 5) is 32.2. The quantitative estimate of drug-likeness (QED) is 0.0161. The molecular weight excluding hydrogens is 936 g/mol. The van der Waals surface area contributed by atoms with Crippen LogP contribution in [-0.2, 0) is 33.3 Å². The molecule has 0 saturated heterocycles. The average Bonchev–Trinajstić information content (AvgIpc) is 4.07. The number of rotatable bonds is 30. The predicted octanol–water partition coefficient (Wildman–Crippen LogP) is 9.75. The molecule has 360 valence electrons. The lowest BCUT2D eigenvalue weighted by Gasteiger charge is -2.09. The molecule has 6 rings (SSSR count). The molecule has 0 aliphatic heterocycles. The van der Waals surface area contributed by atoms with Crippen LogP contribution in [-0.4, -0.2) is 104 Å². The summed E-state index contributed by atoms with van der Waals surface area (Å²) in [6, 6.07) is 15.3. The second-order valence-electron chi connectivity index (χ2n) is 15.7. The fourth-order valence-corrected chi connectivity index (χ4v) is 7.30. The second-order valence-corrected chi connectivity index (χ2v) is 16.9. The van der Waals surface area contributed by atoms with Gasteiger partial charge >= 0.3 is 11.9 Å². The van der Waals surface area contributed by atoms with Crippen molar-refractivity contribution in [2.75, 3.05) is 58.0 Å². The summed E-state index contributed by atoms with van der Waals surface area (Å²) in [5.41, 5.74) is 6.59. The van der Waals surface area contributed by atoms with Crippen molar-refractivity contribution in [3.8, 4) is 22.8 Å². The number of methoxy groups -OCH3 is 1. The van der Waals surface area contributed by atoms with Crippen LogP contribution >= 0.6 is 27.5 Å². The van der Waals surface area contributed by atoms with Gasteiger partial charge in [0.25, 0.3) is 0 Å². The third-order valence-corrected chi connectivity index (χ3v) is 11.9. The molecule has 2 aromatic carbocycles. The number of halogens is 2. The average molecular weight is 1000 g/mol. The number of fused-ring (bicyclic) bond motifs is 2. The van der Waals surface area contributed by atoms with E-state index < -0.39 is 0 Å². The van der Waals surface area contributed by atoms with Crippen molar-refractivity contribution >= 4 is 62.1 Å². The van der Waals surface area contributed by atoms with Gasteiger partial charge in [0.05, 0.1) is 23.2 Å². The molecule has 66 heavy (non-hydrogen) atoms. The molecular formula is C46H64BrClN10O8. The number of aromatic nitrogens is 8. The van der Waals surface area contributed by atoms with E-state index in [1.807, 2.05) is 62.4 Å². The number of aromatic amines is 2. The van der Waals surface area contributed by atoms with Crippen molar-refractivity contribution in [1.82, 2.24) is 39.6 Å². The maximum Gasteiger partial charge on any atom is 0.310 e. The molecule has 18 nitrogen and oxygen atoms in total. The highest BCUT2D eigenvalue weighted by molar-refractivity contribution is 9.10. The Morgan fingerprint density at radius 2 is 1.21 bits per heavy atom. The number of hydrogen-bond acceptors (Lipinski definition) is 14. The Morgan fingerprint density at radius 3 is 1.80 bits per heavy atom. The molecule has 20 heteroatoms. The van der Waals surface area contributed by atoms with Gasteiger partial charge in [-0.2, -0.15) is 9.26 Å². The van der Waals surface area contributed by atoms with Gasteiger partial charge in [0, 0.05) is 48.3 Å². The normalized spacial score (nSPS) is 11.2. The molecule has 0 saturated carbocycles. The van der Waals surface area contributed by atoms with Gasteiger partial charge in [0.15, 0.2) is 36.5 Å². The van der Waals surface area contributed by atoms with Crippen molar-refractivity contribution in [2.24, 2.45) is 0 Å². The molecule has 6 aromatic rings. The van der Waals surface area contributed by atoms with E-state index in [1.165, 1.54) is 64.9 Å². The van der Waals surface area contributed by atoms with E-state index in [2.05, 4.69) is 56.9 Å². The number of nitrogens with one attached hydrogen (secondary N) is 4. The van der Waals surface area contributed by atoms with Crippen LogP contribution in [0.2, 0.25) is 5.02 Å². The maximum atomic E-state index is 11.9. The molecule has 0 spiro atoms. The minimum atomic E-state index is -0.355. The number of carbonyl (C=O) groups is 2. The van der Waals surface area contributed by atoms with Gasteiger partial charge in [-0.25, -0.2) is 9.97 Å². The summed E-state index contributed by atoms with van der Waals surface area (Å²) in [6.07, 6.45) is 16.2. The Morgan fingerprint density at radius 1 is 0.682 bits per heavy atom. The molecule has 0 atom stereocenters. The lowest BCUT2D eigenvalue weighted by atomic mass is 10.0. The number of hydrogen-bond donors (Lipinski definition) is 5. The number of esters is 2. The number of anilines is 2. The summed E-state index contributed by atoms with van der Waals surface area (Å²) in [7, 11) is 1.53. The van der Waals surface area contributed by atoms with Crippen molar-refractivity contribution < 1.29 is 38.4 Å². The molecule has 0 unspecified atom stereocenters. The van der Waals surface area contributed by atoms with Gasteiger partial charge in [-0.3, -0.25) is 19.8 Å². The van der Waals surface area contributed by atoms with E-state index in [0.717, 1.165) is 69.7 Å². The van der Waals surface area contributed by atoms with Crippen LogP contribution < -0.4 is 10.6 Å². The van der Waals surface area contributed by atoms with Crippen LogP contribution in [0.1, 0.15) is 108 Å². The van der Waals surface area contributed by atoms with E-state index >= 15 is 0 Å². The van der Waals surface area contributed by atoms with Gasteiger partial charge in [0.2, 0.25) is 0 Å². The van der Waals surface area contributed by atoms with Gasteiger partial charge in [-0.15, -0.1) is 10.2 Å². The van der Waals surface area contributed by atoms with Gasteiger partial charge < -0.3 is 39.4 Å². The van der Waals surface area contributed by atoms with Crippen molar-refractivity contribution in [3.05, 3.63) is 69.4 Å². The lowest BCUT2D eigenvalue weighted by Crippen LogP contribution is -2.13. The Labute approximate surface area is 398 Å². The fraction of sp³-hybridized carbons (Fsp3) is 0.522. The third-order valence-electron chi connectivity index (χ3n) is 10.5. The molecule has 0 radical (unpaired) electrons. The smallest absolute Gasteiger partial charge is 0.310 e. The number of ether oxygens (including phenoxy) is 5. The first kappa shape index (κ1) is 51.9. The maximum absolute atomic E-state index is 11.9. The van der Waals surface area contributed by atoms with Gasteiger partial charge in [0.1, 0.15) is 18.5 Å². The predicted molar refractivity (Wildman–Crippen MR) is 257 cm³/mol. The molecule has 4 aromatic heterocycles. The highest BCUT2D eigenvalue weighted by Crippen LogP contribution is 2.26. The highest BCUT2D eigenvalue weighted by Gasteiger charge is 2.15. The van der Waals surface area contributed by atoms with E-state index in [1.54, 1.807) is 9.26 Å². The van der Waals surface area contributed by atoms with Crippen LogP contribution in [0, 0.1) is 13.8 Å². The molecule has 4 heterocycles. The highest BCUT2D eigenvalue weighted by atomic mass is 79.9. The van der Waals surface area contributed by atoms with Crippen molar-refractivity contribution in [2.45, 2.75) is 110 Å². The zero-order chi connectivity index (χ0) is 46.9. The summed E-state index contributed by atoms with van der Waals surface area (Å²) in [6.45, 7) is 4.73. The Kier molecular flexibility index (Phi) is 22.7. The fourth-order valence-electron chi connectivity index (χ4n) is 6.79. The number of benzene rings is 2. The number of H-pyrrole nitrogens is 2. The summed E-state index contributed by atoms with van der Waals surface area (Å²) in [5, 5.41) is 30.6. The Bertz CT molecular complexity index is 2350. The van der Waals surface area contributed by atoms with E-state index in [4.69, 9.17) is 40.4 Å². The van der Waals surface area contributed by atoms with E-state index in [0.29, 0.717) is 42.0 Å². The molecule has 0 bridgehead atoms. The topological polar surface area (TPSA) is 217 Å². The molecule has 0 fully saturated rings. The van der Waals surface area contributed by atoms with Crippen LogP contribution in [0.15, 0.2) is 53.0 Å². The molecule has 0 aliphatic rings. The zero-order valence-electron chi connectivity index (χ0n) is 38.2. The number of aliphatic hydroxyl groups is 1. The summed E-state index contributed by atoms with van der Waals surface area (Å²) < 4.78 is 29.6. The van der Waals surface area contributed by atoms with Crippen molar-refractivity contribution in [1.29, 1.82) is 0 Å². The Balaban J connectivity index is 0.000000264. The number of aryl methyl sites for hydroxylation is 2. The first-order chi connectivity index (χ1) is 32.2. The molecule has 0 aliphatic carbocycles. The van der Waals surface area contributed by atoms with Gasteiger partial charge in [-0.1, -0.05) is 94.4 Å². The monoisotopic (exact) mass is 998 g/mol. The Hall–Kier alpha value is -5.05. The number of nitrogens with zero attached hydrogens (tertiary/aromatic N) is 6. The number of aliphatic hydroxyl groups excluding tert-OH is 1. The van der Waals surface area contributed by atoms with Crippen LogP contribution in [0.4, 0.5) is 11.4 Å². The third kappa shape index (κ3) is 17.3. The zero-order valence-corrected chi connectivity index (χ0v) is 40.6. The van der Waals surface area contributed by atoms with Crippen LogP contribution in [0.5, 0.6) is 0 Å². The molecule has 0 amide bonds. The summed E-state index contributed by atoms with van der Waals surface area (Å²) >= 11 is 9.75. The minimum absolute atomic E-state index is 0.0713. The molecule has 5 N–H and O–H groups in total. The first-order valence-electron chi connectivity index (χ1n) is 22.6. The van der Waals surface area contributed by atoms with Crippen LogP contribution in [0.3, 0.4) is 0 Å². The van der Waals surface area contributed by atoms with E-state index in [9.17, 15) is 9.59 Å². The van der Waals surface area contributed by atoms with E-state index in [-0.39, 0.29) is 45.4 Å². The van der Waals surface area contributed by atoms with Crippen LogP contribution in [0.25, 0.3) is 34.1 Å². The SMILES string of the molecule is COCCC(=O)OCOCNc1ccc(-c2nc3c(Br)c(C)[nH]n3n2)cc1.Cc1[nH]n2nc(-c3cccc(NCOCOC(=O)CCCCCCCCCCCCCCCO)c3)nc2c1Cl. The number of carbonyl (C=O) groups excluding carboxylic acids is 2.